The van der Waals surface area contributed by atoms with Crippen molar-refractivity contribution in [1.82, 2.24) is 0 Å². The zero-order chi connectivity index (χ0) is 9.26. The predicted octanol–water partition coefficient (Wildman–Crippen LogP) is 3.00. The first-order chi connectivity index (χ1) is 6.31. The summed E-state index contributed by atoms with van der Waals surface area (Å²) in [7, 11) is 0. The number of benzene rings is 1. The molecule has 1 aliphatic rings. The van der Waals surface area contributed by atoms with E-state index in [4.69, 9.17) is 5.26 Å². The molecule has 0 radical (unpaired) electrons. The molecule has 1 aromatic rings. The number of aryl methyl sites for hydroxylation is 1. The van der Waals surface area contributed by atoms with Gasteiger partial charge in [0.1, 0.15) is 0 Å². The average Bonchev–Trinajstić information content (AvgIpc) is 2.18. The van der Waals surface area contributed by atoms with Gasteiger partial charge in [-0.25, -0.2) is 0 Å². The van der Waals surface area contributed by atoms with Gasteiger partial charge in [-0.1, -0.05) is 13.0 Å². The minimum absolute atomic E-state index is 0.677. The van der Waals surface area contributed by atoms with Crippen LogP contribution in [-0.4, -0.2) is 0 Å². The van der Waals surface area contributed by atoms with E-state index in [1.54, 1.807) is 0 Å². The Morgan fingerprint density at radius 1 is 1.46 bits per heavy atom. The molecule has 1 aliphatic carbocycles. The topological polar surface area (TPSA) is 23.8 Å². The summed E-state index contributed by atoms with van der Waals surface area (Å²) in [5.74, 6) is 0.677. The van der Waals surface area contributed by atoms with E-state index < -0.39 is 0 Å². The SMILES string of the molecule is C[C@@H]1CCCc2cc(C#N)ccc21. The van der Waals surface area contributed by atoms with Gasteiger partial charge < -0.3 is 0 Å². The van der Waals surface area contributed by atoms with Crippen LogP contribution >= 0.6 is 0 Å². The Balaban J connectivity index is 2.47. The molecule has 2 rings (SSSR count). The van der Waals surface area contributed by atoms with Gasteiger partial charge in [0, 0.05) is 0 Å². The van der Waals surface area contributed by atoms with Gasteiger partial charge in [0.25, 0.3) is 0 Å². The van der Waals surface area contributed by atoms with Crippen molar-refractivity contribution >= 4 is 0 Å². The monoisotopic (exact) mass is 171 g/mol. The highest BCUT2D eigenvalue weighted by molar-refractivity contribution is 5.40. The van der Waals surface area contributed by atoms with Crippen LogP contribution in [0.1, 0.15) is 42.4 Å². The van der Waals surface area contributed by atoms with Crippen LogP contribution in [0.15, 0.2) is 18.2 Å². The molecule has 1 atom stereocenters. The Labute approximate surface area is 79.0 Å². The largest absolute Gasteiger partial charge is 0.192 e. The quantitative estimate of drug-likeness (QED) is 0.588. The molecule has 0 fully saturated rings. The van der Waals surface area contributed by atoms with Gasteiger partial charge in [0.05, 0.1) is 11.6 Å². The smallest absolute Gasteiger partial charge is 0.0991 e. The maximum Gasteiger partial charge on any atom is 0.0991 e. The van der Waals surface area contributed by atoms with Crippen LogP contribution in [0.2, 0.25) is 0 Å². The van der Waals surface area contributed by atoms with Crippen molar-refractivity contribution in [1.29, 1.82) is 5.26 Å². The molecular formula is C12H13N. The van der Waals surface area contributed by atoms with E-state index in [9.17, 15) is 0 Å². The van der Waals surface area contributed by atoms with Crippen molar-refractivity contribution in [2.45, 2.75) is 32.1 Å². The third-order valence-electron chi connectivity index (χ3n) is 2.89. The van der Waals surface area contributed by atoms with E-state index in [0.29, 0.717) is 5.92 Å². The lowest BCUT2D eigenvalue weighted by Gasteiger charge is -2.21. The Kier molecular flexibility index (Phi) is 2.06. The molecule has 13 heavy (non-hydrogen) atoms. The summed E-state index contributed by atoms with van der Waals surface area (Å²) in [6, 6.07) is 8.29. The second-order valence-corrected chi connectivity index (χ2v) is 3.82. The second kappa shape index (κ2) is 3.22. The van der Waals surface area contributed by atoms with E-state index in [0.717, 1.165) is 12.0 Å². The van der Waals surface area contributed by atoms with E-state index in [1.807, 2.05) is 12.1 Å². The van der Waals surface area contributed by atoms with E-state index in [1.165, 1.54) is 24.0 Å². The molecule has 0 aliphatic heterocycles. The minimum Gasteiger partial charge on any atom is -0.192 e. The van der Waals surface area contributed by atoms with Crippen LogP contribution in [0.4, 0.5) is 0 Å². The minimum atomic E-state index is 0.677. The number of nitriles is 1. The molecule has 0 saturated heterocycles. The van der Waals surface area contributed by atoms with Crippen LogP contribution in [-0.2, 0) is 6.42 Å². The molecule has 0 aromatic heterocycles. The van der Waals surface area contributed by atoms with Crippen LogP contribution in [0, 0.1) is 11.3 Å². The maximum atomic E-state index is 8.76. The lowest BCUT2D eigenvalue weighted by Crippen LogP contribution is -2.06. The molecule has 0 N–H and O–H groups in total. The van der Waals surface area contributed by atoms with Gasteiger partial charge >= 0.3 is 0 Å². The summed E-state index contributed by atoms with van der Waals surface area (Å²) in [4.78, 5) is 0. The molecule has 0 bridgehead atoms. The highest BCUT2D eigenvalue weighted by Gasteiger charge is 2.15. The molecule has 0 unspecified atom stereocenters. The van der Waals surface area contributed by atoms with Gasteiger partial charge in [-0.05, 0) is 48.4 Å². The summed E-state index contributed by atoms with van der Waals surface area (Å²) in [6.45, 7) is 2.27. The highest BCUT2D eigenvalue weighted by atomic mass is 14.3. The summed E-state index contributed by atoms with van der Waals surface area (Å²) in [5.41, 5.74) is 3.64. The van der Waals surface area contributed by atoms with Gasteiger partial charge in [-0.3, -0.25) is 0 Å². The molecule has 0 spiro atoms. The fourth-order valence-corrected chi connectivity index (χ4v) is 2.13. The van der Waals surface area contributed by atoms with Crippen molar-refractivity contribution in [3.8, 4) is 6.07 Å². The normalized spacial score (nSPS) is 20.5. The van der Waals surface area contributed by atoms with Crippen molar-refractivity contribution < 1.29 is 0 Å². The lowest BCUT2D eigenvalue weighted by atomic mass is 9.83. The van der Waals surface area contributed by atoms with Crippen molar-refractivity contribution in [2.75, 3.05) is 0 Å². The maximum absolute atomic E-state index is 8.76. The molecule has 0 amide bonds. The molecule has 1 nitrogen and oxygen atoms in total. The molecular weight excluding hydrogens is 158 g/mol. The number of nitrogens with zero attached hydrogens (tertiary/aromatic N) is 1. The lowest BCUT2D eigenvalue weighted by molar-refractivity contribution is 0.590. The van der Waals surface area contributed by atoms with Gasteiger partial charge in [-0.15, -0.1) is 0 Å². The number of hydrogen-bond donors (Lipinski definition) is 0. The van der Waals surface area contributed by atoms with Crippen molar-refractivity contribution in [3.63, 3.8) is 0 Å². The van der Waals surface area contributed by atoms with E-state index in [-0.39, 0.29) is 0 Å². The molecule has 1 aromatic carbocycles. The third-order valence-corrected chi connectivity index (χ3v) is 2.89. The number of rotatable bonds is 0. The highest BCUT2D eigenvalue weighted by Crippen LogP contribution is 2.31. The number of hydrogen-bond acceptors (Lipinski definition) is 1. The first-order valence-electron chi connectivity index (χ1n) is 4.84. The van der Waals surface area contributed by atoms with Crippen LogP contribution < -0.4 is 0 Å². The zero-order valence-electron chi connectivity index (χ0n) is 7.88. The van der Waals surface area contributed by atoms with Crippen LogP contribution in [0.3, 0.4) is 0 Å². The van der Waals surface area contributed by atoms with E-state index in [2.05, 4.69) is 19.1 Å². The summed E-state index contributed by atoms with van der Waals surface area (Å²) in [5, 5.41) is 8.76. The summed E-state index contributed by atoms with van der Waals surface area (Å²) >= 11 is 0. The third kappa shape index (κ3) is 1.45. The van der Waals surface area contributed by atoms with Gasteiger partial charge in [-0.2, -0.15) is 5.26 Å². The predicted molar refractivity (Wildman–Crippen MR) is 52.5 cm³/mol. The summed E-state index contributed by atoms with van der Waals surface area (Å²) in [6.07, 6.45) is 3.71. The van der Waals surface area contributed by atoms with Gasteiger partial charge in [0.15, 0.2) is 0 Å². The van der Waals surface area contributed by atoms with Crippen LogP contribution in [0.5, 0.6) is 0 Å². The van der Waals surface area contributed by atoms with Crippen molar-refractivity contribution in [3.05, 3.63) is 34.9 Å². The fraction of sp³-hybridized carbons (Fsp3) is 0.417. The Bertz CT molecular complexity index is 360. The second-order valence-electron chi connectivity index (χ2n) is 3.82. The number of fused-ring (bicyclic) bond motifs is 1. The molecule has 0 heterocycles. The Morgan fingerprint density at radius 3 is 3.08 bits per heavy atom. The van der Waals surface area contributed by atoms with E-state index >= 15 is 0 Å². The Hall–Kier alpha value is -1.29. The molecule has 66 valence electrons. The van der Waals surface area contributed by atoms with Crippen LogP contribution in [0.25, 0.3) is 0 Å². The average molecular weight is 171 g/mol. The molecule has 0 saturated carbocycles. The van der Waals surface area contributed by atoms with Gasteiger partial charge in [0.2, 0.25) is 0 Å². The standard InChI is InChI=1S/C12H13N/c1-9-3-2-4-11-7-10(8-13)5-6-12(9)11/h5-7,9H,2-4H2,1H3/t9-/m1/s1. The first kappa shape index (κ1) is 8.31. The fourth-order valence-electron chi connectivity index (χ4n) is 2.13. The van der Waals surface area contributed by atoms with Crippen molar-refractivity contribution in [2.24, 2.45) is 0 Å². The first-order valence-corrected chi connectivity index (χ1v) is 4.84. The Morgan fingerprint density at radius 2 is 2.31 bits per heavy atom. The summed E-state index contributed by atoms with van der Waals surface area (Å²) < 4.78 is 0. The molecule has 1 heteroatoms. The zero-order valence-corrected chi connectivity index (χ0v) is 7.88.